The molecule has 9 fully saturated rings. The van der Waals surface area contributed by atoms with Crippen LogP contribution >= 0.6 is 0 Å². The normalized spacial score (nSPS) is 59.4. The molecular weight excluding hydrogens is 828 g/mol. The molecule has 4 aliphatic carbocycles. The van der Waals surface area contributed by atoms with Gasteiger partial charge in [0.25, 0.3) is 0 Å². The number of rotatable bonds is 8. The Balaban J connectivity index is 0.909. The van der Waals surface area contributed by atoms with E-state index in [2.05, 4.69) is 20.8 Å². The van der Waals surface area contributed by atoms with E-state index in [-0.39, 0.29) is 41.3 Å². The highest BCUT2D eigenvalue weighted by Gasteiger charge is 2.70. The van der Waals surface area contributed by atoms with Crippen LogP contribution in [-0.2, 0) is 37.9 Å². The molecule has 4 saturated carbocycles. The number of ether oxygens (including phenoxy) is 8. The van der Waals surface area contributed by atoms with Gasteiger partial charge in [0, 0.05) is 24.9 Å². The largest absolute Gasteiger partial charge is 0.396 e. The summed E-state index contributed by atoms with van der Waals surface area (Å²) in [5.74, 6) is 1.78. The van der Waals surface area contributed by atoms with Gasteiger partial charge in [-0.05, 0) is 106 Å². The summed E-state index contributed by atoms with van der Waals surface area (Å²) >= 11 is 0. The first-order chi connectivity index (χ1) is 29.8. The summed E-state index contributed by atoms with van der Waals surface area (Å²) in [6.45, 7) is 10.0. The molecule has 5 heterocycles. The lowest BCUT2D eigenvalue weighted by atomic mass is 9.44. The zero-order valence-corrected chi connectivity index (χ0v) is 37.2. The predicted molar refractivity (Wildman–Crippen MR) is 216 cm³/mol. The fourth-order valence-electron chi connectivity index (χ4n) is 14.7. The summed E-state index contributed by atoms with van der Waals surface area (Å²) in [7, 11) is 0. The molecule has 9 rings (SSSR count). The van der Waals surface area contributed by atoms with E-state index in [4.69, 9.17) is 37.9 Å². The van der Waals surface area contributed by atoms with Gasteiger partial charge in [-0.2, -0.15) is 0 Å². The van der Waals surface area contributed by atoms with Gasteiger partial charge in [-0.3, -0.25) is 0 Å². The van der Waals surface area contributed by atoms with Gasteiger partial charge in [0.1, 0.15) is 61.0 Å². The molecule has 28 atom stereocenters. The maximum atomic E-state index is 12.1. The second-order valence-corrected chi connectivity index (χ2v) is 21.6. The van der Waals surface area contributed by atoms with Gasteiger partial charge in [-0.1, -0.05) is 20.8 Å². The zero-order chi connectivity index (χ0) is 45.1. The van der Waals surface area contributed by atoms with E-state index in [1.807, 2.05) is 0 Å². The third kappa shape index (κ3) is 7.79. The fourth-order valence-corrected chi connectivity index (χ4v) is 14.7. The Bertz CT molecular complexity index is 1590. The van der Waals surface area contributed by atoms with E-state index >= 15 is 0 Å². The number of aliphatic hydroxyl groups excluding tert-OH is 10. The topological polar surface area (TPSA) is 276 Å². The maximum Gasteiger partial charge on any atom is 0.187 e. The van der Waals surface area contributed by atoms with Crippen LogP contribution in [0.5, 0.6) is 0 Å². The summed E-state index contributed by atoms with van der Waals surface area (Å²) in [5, 5.41) is 108. The Labute approximate surface area is 369 Å². The molecule has 5 saturated heterocycles. The lowest BCUT2D eigenvalue weighted by Gasteiger charge is -2.62. The van der Waals surface area contributed by atoms with Crippen molar-refractivity contribution in [3.8, 4) is 0 Å². The van der Waals surface area contributed by atoms with Gasteiger partial charge < -0.3 is 89.0 Å². The summed E-state index contributed by atoms with van der Waals surface area (Å²) in [4.78, 5) is 0. The number of fused-ring (bicyclic) bond motifs is 7. The maximum absolute atomic E-state index is 12.1. The van der Waals surface area contributed by atoms with Crippen molar-refractivity contribution in [3.05, 3.63) is 0 Å². The molecule has 1 spiro atoms. The van der Waals surface area contributed by atoms with Crippen LogP contribution in [0.2, 0.25) is 0 Å². The van der Waals surface area contributed by atoms with Crippen LogP contribution in [0, 0.1) is 52.3 Å². The average molecular weight is 903 g/mol. The second kappa shape index (κ2) is 17.7. The van der Waals surface area contributed by atoms with E-state index in [1.54, 1.807) is 0 Å². The van der Waals surface area contributed by atoms with Crippen LogP contribution in [-0.4, -0.2) is 187 Å². The van der Waals surface area contributed by atoms with E-state index in [0.717, 1.165) is 44.9 Å². The summed E-state index contributed by atoms with van der Waals surface area (Å²) < 4.78 is 49.8. The quantitative estimate of drug-likeness (QED) is 0.134. The minimum Gasteiger partial charge on any atom is -0.396 e. The lowest BCUT2D eigenvalue weighted by Crippen LogP contribution is -2.67. The number of aliphatic hydroxyl groups is 10. The summed E-state index contributed by atoms with van der Waals surface area (Å²) in [6, 6.07) is 0. The van der Waals surface area contributed by atoms with Crippen molar-refractivity contribution in [1.29, 1.82) is 0 Å². The van der Waals surface area contributed by atoms with Crippen molar-refractivity contribution < 1.29 is 89.0 Å². The van der Waals surface area contributed by atoms with E-state index in [0.29, 0.717) is 43.1 Å². The van der Waals surface area contributed by atoms with Crippen molar-refractivity contribution in [1.82, 2.24) is 0 Å². The lowest BCUT2D eigenvalue weighted by molar-refractivity contribution is -0.391. The molecule has 0 unspecified atom stereocenters. The Kier molecular flexibility index (Phi) is 13.3. The van der Waals surface area contributed by atoms with Crippen molar-refractivity contribution in [2.75, 3.05) is 19.8 Å². The smallest absolute Gasteiger partial charge is 0.187 e. The molecule has 9 aliphatic rings. The van der Waals surface area contributed by atoms with Crippen LogP contribution in [0.1, 0.15) is 92.4 Å². The van der Waals surface area contributed by atoms with Crippen LogP contribution in [0.25, 0.3) is 0 Å². The molecule has 18 heteroatoms. The van der Waals surface area contributed by atoms with Gasteiger partial charge in [0.05, 0.1) is 43.7 Å². The van der Waals surface area contributed by atoms with Gasteiger partial charge in [-0.25, -0.2) is 0 Å². The number of hydrogen-bond acceptors (Lipinski definition) is 18. The molecular formula is C45H74O18. The molecule has 0 aromatic heterocycles. The zero-order valence-electron chi connectivity index (χ0n) is 37.2. The minimum absolute atomic E-state index is 0.106. The van der Waals surface area contributed by atoms with Crippen LogP contribution in [0.3, 0.4) is 0 Å². The number of hydrogen-bond donors (Lipinski definition) is 10. The third-order valence-electron chi connectivity index (χ3n) is 18.4. The summed E-state index contributed by atoms with van der Waals surface area (Å²) in [5.41, 5.74) is -0.0749. The summed E-state index contributed by atoms with van der Waals surface area (Å²) in [6.07, 6.45) is -16.2. The molecule has 10 N–H and O–H groups in total. The van der Waals surface area contributed by atoms with E-state index in [1.165, 1.54) is 13.8 Å². The Morgan fingerprint density at radius 3 is 1.86 bits per heavy atom. The fraction of sp³-hybridized carbons (Fsp3) is 1.00. The van der Waals surface area contributed by atoms with Crippen LogP contribution in [0.15, 0.2) is 0 Å². The van der Waals surface area contributed by atoms with Crippen molar-refractivity contribution >= 4 is 0 Å². The first-order valence-corrected chi connectivity index (χ1v) is 23.8. The van der Waals surface area contributed by atoms with Gasteiger partial charge >= 0.3 is 0 Å². The minimum atomic E-state index is -1.76. The first kappa shape index (κ1) is 47.4. The average Bonchev–Trinajstić information content (AvgIpc) is 3.71. The van der Waals surface area contributed by atoms with E-state index < -0.39 is 117 Å². The molecule has 18 nitrogen and oxygen atoms in total. The monoisotopic (exact) mass is 902 g/mol. The molecule has 0 amide bonds. The molecule has 0 aromatic rings. The van der Waals surface area contributed by atoms with Crippen LogP contribution in [0.4, 0.5) is 0 Å². The molecule has 0 radical (unpaired) electrons. The first-order valence-electron chi connectivity index (χ1n) is 23.8. The van der Waals surface area contributed by atoms with Gasteiger partial charge in [0.15, 0.2) is 24.7 Å². The van der Waals surface area contributed by atoms with Crippen molar-refractivity contribution in [3.63, 3.8) is 0 Å². The third-order valence-corrected chi connectivity index (χ3v) is 18.4. The van der Waals surface area contributed by atoms with Gasteiger partial charge in [-0.15, -0.1) is 0 Å². The van der Waals surface area contributed by atoms with E-state index in [9.17, 15) is 51.1 Å². The second-order valence-electron chi connectivity index (χ2n) is 21.6. The molecule has 63 heavy (non-hydrogen) atoms. The standard InChI is InChI=1S/C45H74O18/c1-18-30-28(63-45(18)11-8-21(15-46)17-56-45)13-25-23-7-6-22-12-27(26(48)14-44(22,5)24(23)9-10-43(25,30)4)59-42-39(62-41-36(54)34(52)32(50)20(3)58-41)37(55)38(29(16-47)60-42)61-40-35(53)33(51)31(49)19(2)57-40/h18-42,46-55H,6-17H2,1-5H3/t18-,19-,20-,21-,22+,23+,24-,25+,26-,27-,28-,29-,30-,31+,32-,33-,34+,35+,36+,37+,38-,39-,40-,41-,42+,43-,44+,45+/m1/s1. The molecule has 362 valence electrons. The highest BCUT2D eigenvalue weighted by molar-refractivity contribution is 5.16. The molecule has 0 aromatic carbocycles. The Morgan fingerprint density at radius 1 is 0.603 bits per heavy atom. The Morgan fingerprint density at radius 2 is 1.25 bits per heavy atom. The van der Waals surface area contributed by atoms with Crippen LogP contribution < -0.4 is 0 Å². The van der Waals surface area contributed by atoms with Crippen molar-refractivity contribution in [2.24, 2.45) is 52.3 Å². The van der Waals surface area contributed by atoms with Gasteiger partial charge in [0.2, 0.25) is 0 Å². The molecule has 5 aliphatic heterocycles. The highest BCUT2D eigenvalue weighted by Crippen LogP contribution is 2.71. The highest BCUT2D eigenvalue weighted by atomic mass is 16.8. The molecule has 0 bridgehead atoms. The SMILES string of the molecule is C[C@@H]1[C@@H]2[C@@H](C[C@H]3[C@H]4CC[C@H]5C[C@@H](O[C@H]6O[C@H](CO)[C@@H](O[C@H]7O[C@H](C)[C@H](O)[C@@H](O)[C@@H]7O)[C@H](O)[C@H]6O[C@H]6O[C@H](C)[C@@H](O)[C@H](O)[C@@H]6O)[C@H](O)C[C@]5(C)[C@@H]4CC[C@@]23C)O[C@@]12CC[C@H](CO)CO2. The van der Waals surface area contributed by atoms with Crippen molar-refractivity contribution in [2.45, 2.75) is 209 Å². The predicted octanol–water partition coefficient (Wildman–Crippen LogP) is -0.735. The Hall–Kier alpha value is -0.720.